The Kier molecular flexibility index (Phi) is 21.9. The van der Waals surface area contributed by atoms with Crippen LogP contribution in [0, 0.1) is 23.7 Å². The van der Waals surface area contributed by atoms with Crippen molar-refractivity contribution in [3.8, 4) is 45.5 Å². The fraction of sp³-hybridized carbons (Fsp3) is 0.491. The molecule has 0 aliphatic heterocycles. The van der Waals surface area contributed by atoms with E-state index in [9.17, 15) is 19.2 Å². The number of hydrogen-bond donors (Lipinski definition) is 4. The van der Waals surface area contributed by atoms with E-state index in [1.54, 1.807) is 45.3 Å². The number of rotatable bonds is 26. The molecule has 4 heterocycles. The van der Waals surface area contributed by atoms with Crippen molar-refractivity contribution in [2.75, 3.05) is 28.4 Å². The van der Waals surface area contributed by atoms with Crippen LogP contribution < -0.4 is 40.2 Å². The number of hydrogen-bond acceptors (Lipinski definition) is 14. The number of oxazole rings is 2. The average molecular weight is 1040 g/mol. The summed E-state index contributed by atoms with van der Waals surface area (Å²) >= 11 is 0. The predicted octanol–water partition coefficient (Wildman–Crippen LogP) is 8.69. The van der Waals surface area contributed by atoms with Gasteiger partial charge in [0.1, 0.15) is 35.5 Å². The van der Waals surface area contributed by atoms with E-state index >= 15 is 0 Å². The highest BCUT2D eigenvalue weighted by Crippen LogP contribution is 2.41. The van der Waals surface area contributed by atoms with Crippen molar-refractivity contribution in [2.45, 2.75) is 126 Å². The molecule has 0 radical (unpaired) electrons. The SMILES string of the molecule is COc1cccc(OC)c1-c1cc(C(=O)N[C@H](CC(=O)NCc2ncco2)CC(C)C)nn1C(C)C(C)C.COc1cccc(OC)c1-c1cc(C(=O)N[C@H](CC(=O)NCc2ncco2)CC(C)C)nn1CC(C)C. The zero-order valence-electron chi connectivity index (χ0n) is 45.7. The van der Waals surface area contributed by atoms with E-state index in [0.29, 0.717) is 54.2 Å². The number of carbonyl (C=O) groups is 4. The lowest BCUT2D eigenvalue weighted by Gasteiger charge is -2.21. The van der Waals surface area contributed by atoms with Crippen LogP contribution in [0.5, 0.6) is 23.0 Å². The topological polar surface area (TPSA) is 241 Å². The van der Waals surface area contributed by atoms with Gasteiger partial charge in [-0.05, 0) is 79.8 Å². The Morgan fingerprint density at radius 2 is 0.987 bits per heavy atom. The maximum Gasteiger partial charge on any atom is 0.272 e. The molecule has 0 aliphatic carbocycles. The van der Waals surface area contributed by atoms with E-state index in [1.165, 1.54) is 24.9 Å². The van der Waals surface area contributed by atoms with Gasteiger partial charge in [-0.15, -0.1) is 0 Å². The third-order valence-corrected chi connectivity index (χ3v) is 12.1. The van der Waals surface area contributed by atoms with Crippen molar-refractivity contribution in [1.29, 1.82) is 0 Å². The maximum absolute atomic E-state index is 13.5. The van der Waals surface area contributed by atoms with Gasteiger partial charge < -0.3 is 49.0 Å². The Balaban J connectivity index is 0.000000277. The molecule has 20 nitrogen and oxygen atoms in total. The van der Waals surface area contributed by atoms with Crippen molar-refractivity contribution >= 4 is 23.6 Å². The molecule has 6 aromatic rings. The number of methoxy groups -OCH3 is 4. The highest BCUT2D eigenvalue weighted by molar-refractivity contribution is 5.95. The predicted molar refractivity (Wildman–Crippen MR) is 283 cm³/mol. The Bertz CT molecular complexity index is 2700. The third-order valence-electron chi connectivity index (χ3n) is 12.1. The molecule has 0 aliphatic rings. The van der Waals surface area contributed by atoms with Gasteiger partial charge in [-0.1, -0.05) is 67.5 Å². The van der Waals surface area contributed by atoms with Crippen molar-refractivity contribution in [3.05, 3.63) is 96.6 Å². The van der Waals surface area contributed by atoms with Gasteiger partial charge in [-0.2, -0.15) is 10.2 Å². The van der Waals surface area contributed by atoms with Crippen LogP contribution in [0.1, 0.15) is 127 Å². The van der Waals surface area contributed by atoms with Gasteiger partial charge in [-0.25, -0.2) is 9.97 Å². The van der Waals surface area contributed by atoms with Gasteiger partial charge >= 0.3 is 0 Å². The summed E-state index contributed by atoms with van der Waals surface area (Å²) in [6.07, 6.45) is 7.49. The zero-order chi connectivity index (χ0) is 54.8. The zero-order valence-corrected chi connectivity index (χ0v) is 45.7. The molecule has 4 aromatic heterocycles. The van der Waals surface area contributed by atoms with Crippen LogP contribution in [0.4, 0.5) is 0 Å². The molecule has 0 bridgehead atoms. The third kappa shape index (κ3) is 16.7. The van der Waals surface area contributed by atoms with E-state index in [-0.39, 0.29) is 103 Å². The summed E-state index contributed by atoms with van der Waals surface area (Å²) in [4.78, 5) is 60.0. The van der Waals surface area contributed by atoms with Gasteiger partial charge in [0.15, 0.2) is 11.4 Å². The Morgan fingerprint density at radius 3 is 1.36 bits per heavy atom. The normalized spacial score (nSPS) is 12.4. The van der Waals surface area contributed by atoms with Crippen LogP contribution in [0.25, 0.3) is 22.5 Å². The van der Waals surface area contributed by atoms with E-state index in [2.05, 4.69) is 84.8 Å². The van der Waals surface area contributed by atoms with Crippen LogP contribution in [0.2, 0.25) is 0 Å². The molecule has 0 spiro atoms. The first-order valence-corrected chi connectivity index (χ1v) is 25.4. The maximum atomic E-state index is 13.5. The first-order chi connectivity index (χ1) is 35.8. The quantitative estimate of drug-likeness (QED) is 0.0397. The second kappa shape index (κ2) is 28.1. The van der Waals surface area contributed by atoms with Crippen LogP contribution >= 0.6 is 0 Å². The van der Waals surface area contributed by atoms with Crippen molar-refractivity contribution in [2.24, 2.45) is 23.7 Å². The second-order valence-electron chi connectivity index (χ2n) is 19.8. The summed E-state index contributed by atoms with van der Waals surface area (Å²) in [6, 6.07) is 13.9. The number of amides is 4. The van der Waals surface area contributed by atoms with Crippen molar-refractivity contribution < 1.29 is 47.0 Å². The molecule has 4 N–H and O–H groups in total. The molecule has 2 aromatic carbocycles. The lowest BCUT2D eigenvalue weighted by Crippen LogP contribution is -2.40. The number of nitrogens with one attached hydrogen (secondary N) is 4. The lowest BCUT2D eigenvalue weighted by atomic mass is 10.0. The molecule has 406 valence electrons. The number of carbonyl (C=O) groups excluding carboxylic acids is 4. The van der Waals surface area contributed by atoms with Crippen molar-refractivity contribution in [3.63, 3.8) is 0 Å². The monoisotopic (exact) mass is 1040 g/mol. The average Bonchev–Trinajstić information content (AvgIpc) is 4.23. The van der Waals surface area contributed by atoms with E-state index in [4.69, 9.17) is 32.9 Å². The standard InChI is InChI=1S/C28H39N5O5.C27H37N5O5/c1-17(2)13-20(14-25(34)30-16-26-29-11-12-38-26)31-28(35)21-15-22(33(32-21)19(5)18(3)4)27-23(36-6)9-8-10-24(27)37-7;1-17(2)12-19(13-24(33)29-15-25-28-10-11-37-25)30-27(34)20-14-21(32(31-20)16-18(3)4)26-22(35-5)8-7-9-23(26)36-6/h8-12,15,17-20H,13-14,16H2,1-7H3,(H,30,34)(H,31,35);7-11,14,17-19H,12-13,15-16H2,1-6H3,(H,29,33)(H,30,34)/t19?,20-;19-/m00/s1. The number of benzene rings is 2. The molecule has 0 saturated heterocycles. The molecular weight excluding hydrogens is 961 g/mol. The molecular formula is C55H76N10O10. The molecule has 20 heteroatoms. The van der Waals surface area contributed by atoms with Crippen molar-refractivity contribution in [1.82, 2.24) is 50.8 Å². The summed E-state index contributed by atoms with van der Waals surface area (Å²) < 4.78 is 36.4. The van der Waals surface area contributed by atoms with E-state index < -0.39 is 0 Å². The first-order valence-electron chi connectivity index (χ1n) is 25.4. The Labute approximate surface area is 440 Å². The second-order valence-corrected chi connectivity index (χ2v) is 19.8. The first kappa shape index (κ1) is 58.3. The molecule has 3 atom stereocenters. The summed E-state index contributed by atoms with van der Waals surface area (Å²) in [5.74, 6) is 3.33. The van der Waals surface area contributed by atoms with Crippen LogP contribution in [0.15, 0.2) is 82.3 Å². The smallest absolute Gasteiger partial charge is 0.272 e. The van der Waals surface area contributed by atoms with Gasteiger partial charge in [-0.3, -0.25) is 28.5 Å². The highest BCUT2D eigenvalue weighted by Gasteiger charge is 2.28. The molecule has 75 heavy (non-hydrogen) atoms. The molecule has 4 amide bonds. The number of nitrogens with zero attached hydrogens (tertiary/aromatic N) is 6. The number of aromatic nitrogens is 6. The minimum Gasteiger partial charge on any atom is -0.496 e. The molecule has 0 fully saturated rings. The number of ether oxygens (including phenoxy) is 4. The van der Waals surface area contributed by atoms with Crippen LogP contribution in [0.3, 0.4) is 0 Å². The van der Waals surface area contributed by atoms with Gasteiger partial charge in [0.25, 0.3) is 11.8 Å². The largest absolute Gasteiger partial charge is 0.496 e. The Hall–Kier alpha value is -7.64. The highest BCUT2D eigenvalue weighted by atomic mass is 16.5. The van der Waals surface area contributed by atoms with Crippen LogP contribution in [-0.4, -0.2) is 93.7 Å². The van der Waals surface area contributed by atoms with Gasteiger partial charge in [0.05, 0.1) is 82.5 Å². The van der Waals surface area contributed by atoms with E-state index in [0.717, 1.165) is 22.5 Å². The molecule has 1 unspecified atom stereocenters. The summed E-state index contributed by atoms with van der Waals surface area (Å²) in [5.41, 5.74) is 3.41. The summed E-state index contributed by atoms with van der Waals surface area (Å²) in [7, 11) is 6.39. The van der Waals surface area contributed by atoms with Gasteiger partial charge in [0, 0.05) is 31.5 Å². The minimum absolute atomic E-state index is 0.00591. The summed E-state index contributed by atoms with van der Waals surface area (Å²) in [5, 5.41) is 21.0. The Morgan fingerprint density at radius 1 is 0.573 bits per heavy atom. The lowest BCUT2D eigenvalue weighted by molar-refractivity contribution is -0.122. The molecule has 6 rings (SSSR count). The summed E-state index contributed by atoms with van der Waals surface area (Å²) in [6.45, 7) is 19.6. The fourth-order valence-corrected chi connectivity index (χ4v) is 8.37. The molecule has 0 saturated carbocycles. The van der Waals surface area contributed by atoms with Crippen LogP contribution in [-0.2, 0) is 29.2 Å². The van der Waals surface area contributed by atoms with E-state index in [1.807, 2.05) is 54.9 Å². The van der Waals surface area contributed by atoms with Gasteiger partial charge in [0.2, 0.25) is 23.6 Å². The fourth-order valence-electron chi connectivity index (χ4n) is 8.37. The minimum atomic E-state index is -0.371.